The summed E-state index contributed by atoms with van der Waals surface area (Å²) in [6.07, 6.45) is 3.70. The van der Waals surface area contributed by atoms with Gasteiger partial charge in [-0.1, -0.05) is 6.92 Å². The summed E-state index contributed by atoms with van der Waals surface area (Å²) in [5.74, 6) is -0.233. The Labute approximate surface area is 192 Å². The molecule has 0 spiro atoms. The number of rotatable bonds is 7. The third-order valence-electron chi connectivity index (χ3n) is 6.18. The molecule has 1 amide bonds. The smallest absolute Gasteiger partial charge is 0.273 e. The Hall–Kier alpha value is -3.31. The van der Waals surface area contributed by atoms with Gasteiger partial charge >= 0.3 is 0 Å². The normalized spacial score (nSPS) is 18.9. The van der Waals surface area contributed by atoms with Crippen LogP contribution in [0.25, 0.3) is 10.9 Å². The molecular formula is C22H31N9O2. The number of anilines is 3. The molecule has 1 aliphatic rings. The topological polar surface area (TPSA) is 159 Å². The molecule has 0 unspecified atom stereocenters. The number of nitrogens with two attached hydrogens (primary N) is 2. The molecule has 4 rings (SSSR count). The molecule has 3 heterocycles. The van der Waals surface area contributed by atoms with E-state index in [0.29, 0.717) is 13.2 Å². The highest BCUT2D eigenvalue weighted by Crippen LogP contribution is 2.28. The van der Waals surface area contributed by atoms with E-state index >= 15 is 0 Å². The number of carbonyl (C=O) groups is 1. The zero-order valence-electron chi connectivity index (χ0n) is 19.4. The first kappa shape index (κ1) is 22.9. The fraction of sp³-hybridized carbons (Fsp3) is 0.500. The van der Waals surface area contributed by atoms with E-state index in [4.69, 9.17) is 21.3 Å². The van der Waals surface area contributed by atoms with E-state index in [1.54, 1.807) is 0 Å². The maximum absolute atomic E-state index is 12.0. The second-order valence-electron chi connectivity index (χ2n) is 9.07. The Bertz CT molecular complexity index is 1170. The number of hydrogen-bond donors (Lipinski definition) is 4. The number of primary amides is 1. The number of nitrogens with one attached hydrogen (secondary N) is 2. The van der Waals surface area contributed by atoms with Gasteiger partial charge in [0.2, 0.25) is 5.95 Å². The number of ether oxygens (including phenoxy) is 1. The first-order chi connectivity index (χ1) is 15.7. The Morgan fingerprint density at radius 1 is 1.33 bits per heavy atom. The van der Waals surface area contributed by atoms with Crippen LogP contribution in [0.3, 0.4) is 0 Å². The fourth-order valence-electron chi connectivity index (χ4n) is 3.74. The predicted molar refractivity (Wildman–Crippen MR) is 127 cm³/mol. The average molecular weight is 454 g/mol. The lowest BCUT2D eigenvalue weighted by atomic mass is 10.0. The average Bonchev–Trinajstić information content (AvgIpc) is 3.21. The van der Waals surface area contributed by atoms with Gasteiger partial charge < -0.3 is 26.8 Å². The molecule has 1 aliphatic heterocycles. The van der Waals surface area contributed by atoms with Crippen LogP contribution in [-0.2, 0) is 10.3 Å². The highest BCUT2D eigenvalue weighted by Gasteiger charge is 2.24. The first-order valence-corrected chi connectivity index (χ1v) is 11.1. The lowest BCUT2D eigenvalue weighted by Gasteiger charge is -2.29. The van der Waals surface area contributed by atoms with Crippen LogP contribution in [0.4, 0.5) is 17.5 Å². The third-order valence-corrected chi connectivity index (χ3v) is 6.18. The first-order valence-electron chi connectivity index (χ1n) is 11.1. The van der Waals surface area contributed by atoms with Gasteiger partial charge in [0.05, 0.1) is 17.7 Å². The van der Waals surface area contributed by atoms with Crippen LogP contribution in [0.15, 0.2) is 18.3 Å². The van der Waals surface area contributed by atoms with Gasteiger partial charge in [-0.25, -0.2) is 0 Å². The second-order valence-corrected chi connectivity index (χ2v) is 9.07. The van der Waals surface area contributed by atoms with E-state index in [0.717, 1.165) is 35.0 Å². The summed E-state index contributed by atoms with van der Waals surface area (Å²) in [7, 11) is 0. The molecule has 11 heteroatoms. The van der Waals surface area contributed by atoms with E-state index in [9.17, 15) is 4.79 Å². The minimum absolute atomic E-state index is 0.0441. The second kappa shape index (κ2) is 8.91. The molecule has 1 fully saturated rings. The summed E-state index contributed by atoms with van der Waals surface area (Å²) in [5, 5.41) is 20.2. The van der Waals surface area contributed by atoms with Gasteiger partial charge in [-0.05, 0) is 51.3 Å². The van der Waals surface area contributed by atoms with Crippen molar-refractivity contribution >= 4 is 34.3 Å². The molecule has 0 bridgehead atoms. The zero-order chi connectivity index (χ0) is 23.8. The van der Waals surface area contributed by atoms with Crippen molar-refractivity contribution in [2.45, 2.75) is 58.2 Å². The minimum Gasteiger partial charge on any atom is -0.380 e. The molecule has 0 saturated carbocycles. The van der Waals surface area contributed by atoms with Crippen LogP contribution < -0.4 is 22.1 Å². The molecule has 33 heavy (non-hydrogen) atoms. The Morgan fingerprint density at radius 2 is 2.12 bits per heavy atom. The van der Waals surface area contributed by atoms with Crippen molar-refractivity contribution in [3.05, 3.63) is 29.6 Å². The summed E-state index contributed by atoms with van der Waals surface area (Å²) in [4.78, 5) is 16.4. The van der Waals surface area contributed by atoms with Gasteiger partial charge in [-0.2, -0.15) is 10.1 Å². The number of amides is 1. The zero-order valence-corrected chi connectivity index (χ0v) is 19.4. The number of hydrogen-bond acceptors (Lipinski definition) is 9. The SMILES string of the molecule is CCC(C)(C)n1cc2cc(Nc3nc(N[C@@H]4CCOC[C@@H]4N)nnc3C(N)=O)cc(C)c2n1. The van der Waals surface area contributed by atoms with E-state index in [2.05, 4.69) is 46.6 Å². The summed E-state index contributed by atoms with van der Waals surface area (Å²) in [5.41, 5.74) is 14.2. The Balaban J connectivity index is 1.66. The van der Waals surface area contributed by atoms with Gasteiger partial charge in [0.25, 0.3) is 5.91 Å². The van der Waals surface area contributed by atoms with E-state index in [-0.39, 0.29) is 35.1 Å². The molecule has 11 nitrogen and oxygen atoms in total. The molecule has 3 aromatic rings. The molecule has 0 radical (unpaired) electrons. The standard InChI is InChI=1S/C22H31N9O2/c1-5-22(3,4)31-10-13-9-14(8-12(2)17(13)30-31)25-20-18(19(24)32)28-29-21(27-20)26-16-6-7-33-11-15(16)23/h8-10,15-16H,5-7,11,23H2,1-4H3,(H2,24,32)(H2,25,26,27,29)/t15-,16+/m0/s1. The number of benzene rings is 1. The van der Waals surface area contributed by atoms with Gasteiger partial charge in [-0.3, -0.25) is 9.48 Å². The van der Waals surface area contributed by atoms with Crippen LogP contribution >= 0.6 is 0 Å². The molecule has 1 saturated heterocycles. The highest BCUT2D eigenvalue weighted by atomic mass is 16.5. The van der Waals surface area contributed by atoms with Crippen molar-refractivity contribution in [3.63, 3.8) is 0 Å². The lowest BCUT2D eigenvalue weighted by Crippen LogP contribution is -2.48. The number of aryl methyl sites for hydroxylation is 1. The number of carbonyl (C=O) groups excluding carboxylic acids is 1. The third kappa shape index (κ3) is 4.74. The van der Waals surface area contributed by atoms with Crippen molar-refractivity contribution in [3.8, 4) is 0 Å². The van der Waals surface area contributed by atoms with Crippen LogP contribution in [0.5, 0.6) is 0 Å². The molecule has 0 aliphatic carbocycles. The Morgan fingerprint density at radius 3 is 2.82 bits per heavy atom. The van der Waals surface area contributed by atoms with Crippen LogP contribution in [0.1, 0.15) is 49.7 Å². The molecule has 6 N–H and O–H groups in total. The van der Waals surface area contributed by atoms with Crippen molar-refractivity contribution in [1.29, 1.82) is 0 Å². The summed E-state index contributed by atoms with van der Waals surface area (Å²) >= 11 is 0. The van der Waals surface area contributed by atoms with Crippen LogP contribution in [0.2, 0.25) is 0 Å². The van der Waals surface area contributed by atoms with Gasteiger partial charge in [0.15, 0.2) is 11.5 Å². The highest BCUT2D eigenvalue weighted by molar-refractivity contribution is 5.96. The van der Waals surface area contributed by atoms with Crippen LogP contribution in [-0.4, -0.2) is 56.2 Å². The van der Waals surface area contributed by atoms with Crippen molar-refractivity contribution in [2.75, 3.05) is 23.8 Å². The number of fused-ring (bicyclic) bond motifs is 1. The van der Waals surface area contributed by atoms with E-state index in [1.807, 2.05) is 29.9 Å². The summed E-state index contributed by atoms with van der Waals surface area (Å²) < 4.78 is 7.37. The fourth-order valence-corrected chi connectivity index (χ4v) is 3.74. The van der Waals surface area contributed by atoms with Crippen molar-refractivity contribution in [1.82, 2.24) is 25.0 Å². The summed E-state index contributed by atoms with van der Waals surface area (Å²) in [6, 6.07) is 3.67. The largest absolute Gasteiger partial charge is 0.380 e. The predicted octanol–water partition coefficient (Wildman–Crippen LogP) is 2.05. The molecule has 2 aromatic heterocycles. The van der Waals surface area contributed by atoms with Gasteiger partial charge in [-0.15, -0.1) is 10.2 Å². The number of aromatic nitrogens is 5. The quantitative estimate of drug-likeness (QED) is 0.420. The van der Waals surface area contributed by atoms with Crippen molar-refractivity contribution in [2.24, 2.45) is 11.5 Å². The molecular weight excluding hydrogens is 422 g/mol. The molecule has 2 atom stereocenters. The monoisotopic (exact) mass is 453 g/mol. The van der Waals surface area contributed by atoms with Gasteiger partial charge in [0.1, 0.15) is 0 Å². The maximum atomic E-state index is 12.0. The summed E-state index contributed by atoms with van der Waals surface area (Å²) in [6.45, 7) is 9.49. The maximum Gasteiger partial charge on any atom is 0.273 e. The van der Waals surface area contributed by atoms with E-state index in [1.165, 1.54) is 0 Å². The minimum atomic E-state index is -0.720. The molecule has 176 valence electrons. The molecule has 1 aromatic carbocycles. The van der Waals surface area contributed by atoms with Crippen molar-refractivity contribution < 1.29 is 9.53 Å². The van der Waals surface area contributed by atoms with Crippen LogP contribution in [0, 0.1) is 6.92 Å². The number of nitrogens with zero attached hydrogens (tertiary/aromatic N) is 5. The Kier molecular flexibility index (Phi) is 6.17. The lowest BCUT2D eigenvalue weighted by molar-refractivity contribution is 0.0751. The van der Waals surface area contributed by atoms with E-state index < -0.39 is 5.91 Å². The van der Waals surface area contributed by atoms with Gasteiger partial charge in [0, 0.05) is 36.0 Å².